The maximum atomic E-state index is 5.79. The van der Waals surface area contributed by atoms with Crippen LogP contribution in [0.15, 0.2) is 24.3 Å². The predicted molar refractivity (Wildman–Crippen MR) is 85.5 cm³/mol. The monoisotopic (exact) mass is 276 g/mol. The number of rotatable bonds is 5. The molecule has 0 amide bonds. The highest BCUT2D eigenvalue weighted by atomic mass is 16.5. The van der Waals surface area contributed by atoms with E-state index in [4.69, 9.17) is 4.74 Å². The van der Waals surface area contributed by atoms with Gasteiger partial charge in [0.15, 0.2) is 0 Å². The Balaban J connectivity index is 1.91. The fraction of sp³-hybridized carbons (Fsp3) is 0.647. The predicted octanol–water partition coefficient (Wildman–Crippen LogP) is 3.62. The van der Waals surface area contributed by atoms with Gasteiger partial charge in [0.25, 0.3) is 0 Å². The second-order valence-corrected chi connectivity index (χ2v) is 6.43. The van der Waals surface area contributed by atoms with Crippen LogP contribution in [-0.4, -0.2) is 37.2 Å². The van der Waals surface area contributed by atoms with Crippen LogP contribution < -0.4 is 10.1 Å². The molecule has 1 aliphatic heterocycles. The standard InChI is InChI=1S/C17H28N2O/c1-13(2)12-20-17-7-5-6-15(11-17)18-16-8-9-19(4)14(3)10-16/h5-7,11,13-14,16,18H,8-10,12H2,1-4H3. The largest absolute Gasteiger partial charge is 0.493 e. The van der Waals surface area contributed by atoms with Crippen LogP contribution in [0.1, 0.15) is 33.6 Å². The van der Waals surface area contributed by atoms with Gasteiger partial charge in [-0.2, -0.15) is 0 Å². The Hall–Kier alpha value is -1.22. The first-order valence-corrected chi connectivity index (χ1v) is 7.74. The van der Waals surface area contributed by atoms with Gasteiger partial charge in [-0.3, -0.25) is 0 Å². The van der Waals surface area contributed by atoms with Gasteiger partial charge >= 0.3 is 0 Å². The molecule has 0 spiro atoms. The zero-order valence-corrected chi connectivity index (χ0v) is 13.2. The van der Waals surface area contributed by atoms with Crippen molar-refractivity contribution in [2.75, 3.05) is 25.5 Å². The molecule has 1 saturated heterocycles. The number of hydrogen-bond acceptors (Lipinski definition) is 3. The van der Waals surface area contributed by atoms with E-state index in [-0.39, 0.29) is 0 Å². The van der Waals surface area contributed by atoms with Crippen molar-refractivity contribution in [3.63, 3.8) is 0 Å². The van der Waals surface area contributed by atoms with Crippen molar-refractivity contribution >= 4 is 5.69 Å². The number of likely N-dealkylation sites (tertiary alicyclic amines) is 1. The van der Waals surface area contributed by atoms with E-state index in [9.17, 15) is 0 Å². The van der Waals surface area contributed by atoms with Crippen molar-refractivity contribution in [3.8, 4) is 5.75 Å². The third kappa shape index (κ3) is 4.41. The Morgan fingerprint density at radius 3 is 2.90 bits per heavy atom. The van der Waals surface area contributed by atoms with E-state index < -0.39 is 0 Å². The Kier molecular flexibility index (Phi) is 5.30. The van der Waals surface area contributed by atoms with Crippen molar-refractivity contribution in [1.29, 1.82) is 0 Å². The summed E-state index contributed by atoms with van der Waals surface area (Å²) in [5.41, 5.74) is 1.17. The van der Waals surface area contributed by atoms with Gasteiger partial charge in [-0.15, -0.1) is 0 Å². The van der Waals surface area contributed by atoms with E-state index in [1.54, 1.807) is 0 Å². The summed E-state index contributed by atoms with van der Waals surface area (Å²) in [4.78, 5) is 2.43. The summed E-state index contributed by atoms with van der Waals surface area (Å²) in [6.45, 7) is 8.58. The quantitative estimate of drug-likeness (QED) is 0.889. The molecule has 1 aliphatic rings. The second kappa shape index (κ2) is 6.98. The lowest BCUT2D eigenvalue weighted by Crippen LogP contribution is -2.42. The van der Waals surface area contributed by atoms with E-state index in [2.05, 4.69) is 56.2 Å². The highest BCUT2D eigenvalue weighted by Gasteiger charge is 2.22. The van der Waals surface area contributed by atoms with Crippen molar-refractivity contribution in [1.82, 2.24) is 4.90 Å². The van der Waals surface area contributed by atoms with Crippen molar-refractivity contribution in [3.05, 3.63) is 24.3 Å². The van der Waals surface area contributed by atoms with Crippen LogP contribution in [0.5, 0.6) is 5.75 Å². The molecule has 0 aromatic heterocycles. The lowest BCUT2D eigenvalue weighted by atomic mass is 9.98. The molecule has 1 heterocycles. The normalized spacial score (nSPS) is 23.9. The first-order valence-electron chi connectivity index (χ1n) is 7.74. The molecule has 3 heteroatoms. The molecule has 2 atom stereocenters. The van der Waals surface area contributed by atoms with Gasteiger partial charge in [0.1, 0.15) is 5.75 Å². The van der Waals surface area contributed by atoms with Crippen LogP contribution in [0.3, 0.4) is 0 Å². The maximum Gasteiger partial charge on any atom is 0.121 e. The average molecular weight is 276 g/mol. The fourth-order valence-electron chi connectivity index (χ4n) is 2.59. The third-order valence-corrected chi connectivity index (χ3v) is 4.00. The molecule has 2 rings (SSSR count). The van der Waals surface area contributed by atoms with Crippen LogP contribution in [0.25, 0.3) is 0 Å². The van der Waals surface area contributed by atoms with Gasteiger partial charge in [0.05, 0.1) is 6.61 Å². The molecular weight excluding hydrogens is 248 g/mol. The smallest absolute Gasteiger partial charge is 0.121 e. The highest BCUT2D eigenvalue weighted by Crippen LogP contribution is 2.23. The molecular formula is C17H28N2O. The summed E-state index contributed by atoms with van der Waals surface area (Å²) in [6, 6.07) is 9.57. The third-order valence-electron chi connectivity index (χ3n) is 4.00. The summed E-state index contributed by atoms with van der Waals surface area (Å²) >= 11 is 0. The minimum absolute atomic E-state index is 0.557. The number of hydrogen-bond donors (Lipinski definition) is 1. The lowest BCUT2D eigenvalue weighted by Gasteiger charge is -2.35. The molecule has 1 aromatic rings. The molecule has 0 aliphatic carbocycles. The SMILES string of the molecule is CC(C)COc1cccc(NC2CCN(C)C(C)C2)c1. The van der Waals surface area contributed by atoms with E-state index in [1.165, 1.54) is 25.1 Å². The topological polar surface area (TPSA) is 24.5 Å². The summed E-state index contributed by atoms with van der Waals surface area (Å²) in [5, 5.41) is 3.65. The zero-order chi connectivity index (χ0) is 14.5. The van der Waals surface area contributed by atoms with E-state index in [1.807, 2.05) is 6.07 Å². The van der Waals surface area contributed by atoms with E-state index >= 15 is 0 Å². The zero-order valence-electron chi connectivity index (χ0n) is 13.2. The first kappa shape index (κ1) is 15.2. The molecule has 20 heavy (non-hydrogen) atoms. The van der Waals surface area contributed by atoms with Crippen molar-refractivity contribution < 1.29 is 4.74 Å². The summed E-state index contributed by atoms with van der Waals surface area (Å²) < 4.78 is 5.79. The Morgan fingerprint density at radius 2 is 2.20 bits per heavy atom. The molecule has 3 nitrogen and oxygen atoms in total. The summed E-state index contributed by atoms with van der Waals surface area (Å²) in [6.07, 6.45) is 2.41. The molecule has 1 N–H and O–H groups in total. The molecule has 2 unspecified atom stereocenters. The van der Waals surface area contributed by atoms with Gasteiger partial charge in [-0.1, -0.05) is 19.9 Å². The second-order valence-electron chi connectivity index (χ2n) is 6.43. The van der Waals surface area contributed by atoms with Crippen molar-refractivity contribution in [2.24, 2.45) is 5.92 Å². The van der Waals surface area contributed by atoms with Gasteiger partial charge < -0.3 is 15.0 Å². The first-order chi connectivity index (χ1) is 9.54. The molecule has 1 fully saturated rings. The van der Waals surface area contributed by atoms with Gasteiger partial charge in [0, 0.05) is 30.4 Å². The van der Waals surface area contributed by atoms with Crippen molar-refractivity contribution in [2.45, 2.75) is 45.7 Å². The number of piperidine rings is 1. The molecule has 0 saturated carbocycles. The number of nitrogens with one attached hydrogen (secondary N) is 1. The Labute approximate surface area is 123 Å². The Bertz CT molecular complexity index is 419. The average Bonchev–Trinajstić information content (AvgIpc) is 2.41. The van der Waals surface area contributed by atoms with Crippen LogP contribution in [0.2, 0.25) is 0 Å². The highest BCUT2D eigenvalue weighted by molar-refractivity contribution is 5.49. The van der Waals surface area contributed by atoms with Crippen LogP contribution in [0, 0.1) is 5.92 Å². The van der Waals surface area contributed by atoms with Crippen LogP contribution in [-0.2, 0) is 0 Å². The van der Waals surface area contributed by atoms with Gasteiger partial charge in [-0.25, -0.2) is 0 Å². The number of ether oxygens (including phenoxy) is 1. The van der Waals surface area contributed by atoms with Crippen LogP contribution >= 0.6 is 0 Å². The number of benzene rings is 1. The van der Waals surface area contributed by atoms with Gasteiger partial charge in [0.2, 0.25) is 0 Å². The number of nitrogens with zero attached hydrogens (tertiary/aromatic N) is 1. The van der Waals surface area contributed by atoms with E-state index in [0.717, 1.165) is 12.4 Å². The number of anilines is 1. The fourth-order valence-corrected chi connectivity index (χ4v) is 2.59. The maximum absolute atomic E-state index is 5.79. The summed E-state index contributed by atoms with van der Waals surface area (Å²) in [7, 11) is 2.21. The molecule has 0 bridgehead atoms. The van der Waals surface area contributed by atoms with Crippen LogP contribution in [0.4, 0.5) is 5.69 Å². The Morgan fingerprint density at radius 1 is 1.40 bits per heavy atom. The molecule has 0 radical (unpaired) electrons. The lowest BCUT2D eigenvalue weighted by molar-refractivity contribution is 0.190. The van der Waals surface area contributed by atoms with Gasteiger partial charge in [-0.05, 0) is 44.9 Å². The molecule has 112 valence electrons. The minimum Gasteiger partial charge on any atom is -0.493 e. The molecule has 1 aromatic carbocycles. The van der Waals surface area contributed by atoms with E-state index in [0.29, 0.717) is 18.0 Å². The summed E-state index contributed by atoms with van der Waals surface area (Å²) in [5.74, 6) is 1.52. The minimum atomic E-state index is 0.557.